The van der Waals surface area contributed by atoms with E-state index in [9.17, 15) is 9.90 Å². The minimum Gasteiger partial charge on any atom is -0.468 e. The Morgan fingerprint density at radius 1 is 1.65 bits per heavy atom. The highest BCUT2D eigenvalue weighted by Crippen LogP contribution is 2.40. The van der Waals surface area contributed by atoms with Crippen LogP contribution in [0, 0.1) is 5.41 Å². The Morgan fingerprint density at radius 2 is 2.35 bits per heavy atom. The third-order valence-electron chi connectivity index (χ3n) is 3.39. The number of aliphatic hydroxyl groups is 1. The van der Waals surface area contributed by atoms with Gasteiger partial charge in [-0.05, 0) is 24.3 Å². The molecule has 0 spiro atoms. The van der Waals surface area contributed by atoms with Gasteiger partial charge in [0, 0.05) is 17.5 Å². The van der Waals surface area contributed by atoms with Crippen molar-refractivity contribution in [3.05, 3.63) is 23.5 Å². The van der Waals surface area contributed by atoms with Gasteiger partial charge >= 0.3 is 5.97 Å². The van der Waals surface area contributed by atoms with E-state index in [0.29, 0.717) is 0 Å². The molecule has 0 saturated heterocycles. The van der Waals surface area contributed by atoms with Gasteiger partial charge in [-0.1, -0.05) is 13.8 Å². The molecule has 0 amide bonds. The molecule has 2 rings (SSSR count). The van der Waals surface area contributed by atoms with E-state index < -0.39 is 6.10 Å². The van der Waals surface area contributed by atoms with E-state index in [1.807, 2.05) is 16.8 Å². The zero-order valence-corrected chi connectivity index (χ0v) is 10.6. The largest absolute Gasteiger partial charge is 0.468 e. The first kappa shape index (κ1) is 12.2. The van der Waals surface area contributed by atoms with Crippen LogP contribution in [0.5, 0.6) is 0 Å². The summed E-state index contributed by atoms with van der Waals surface area (Å²) in [6.45, 7) is 4.48. The summed E-state index contributed by atoms with van der Waals surface area (Å²) in [5.74, 6) is -0.263. The summed E-state index contributed by atoms with van der Waals surface area (Å²) in [5.41, 5.74) is 2.07. The summed E-state index contributed by atoms with van der Waals surface area (Å²) < 4.78 is 6.55. The Labute approximate surface area is 101 Å². The monoisotopic (exact) mass is 237 g/mol. The summed E-state index contributed by atoms with van der Waals surface area (Å²) in [6, 6.07) is 1.90. The van der Waals surface area contributed by atoms with Crippen LogP contribution in [0.15, 0.2) is 12.3 Å². The first-order valence-electron chi connectivity index (χ1n) is 5.86. The quantitative estimate of drug-likeness (QED) is 0.796. The Bertz CT molecular complexity index is 434. The number of carbonyl (C=O) groups excluding carboxylic acids is 1. The number of ether oxygens (including phenoxy) is 1. The highest BCUT2D eigenvalue weighted by atomic mass is 16.5. The molecule has 0 aromatic carbocycles. The average molecular weight is 237 g/mol. The van der Waals surface area contributed by atoms with Gasteiger partial charge < -0.3 is 14.4 Å². The maximum Gasteiger partial charge on any atom is 0.325 e. The zero-order chi connectivity index (χ0) is 12.6. The molecule has 1 aromatic rings. The lowest BCUT2D eigenvalue weighted by atomic mass is 9.75. The van der Waals surface area contributed by atoms with E-state index in [4.69, 9.17) is 0 Å². The maximum absolute atomic E-state index is 11.3. The number of rotatable bonds is 2. The summed E-state index contributed by atoms with van der Waals surface area (Å²) in [4.78, 5) is 11.3. The molecule has 1 atom stereocenters. The molecule has 4 nitrogen and oxygen atoms in total. The first-order valence-corrected chi connectivity index (χ1v) is 5.86. The van der Waals surface area contributed by atoms with Crippen molar-refractivity contribution in [2.75, 3.05) is 7.11 Å². The molecule has 1 heterocycles. The number of carbonyl (C=O) groups is 1. The van der Waals surface area contributed by atoms with E-state index in [1.54, 1.807) is 0 Å². The van der Waals surface area contributed by atoms with Crippen LogP contribution in [-0.2, 0) is 22.5 Å². The number of methoxy groups -OCH3 is 1. The molecule has 1 N–H and O–H groups in total. The number of fused-ring (bicyclic) bond motifs is 1. The fraction of sp³-hybridized carbons (Fsp3) is 0.615. The second-order valence-electron chi connectivity index (χ2n) is 5.48. The highest BCUT2D eigenvalue weighted by molar-refractivity contribution is 5.69. The van der Waals surface area contributed by atoms with Crippen LogP contribution >= 0.6 is 0 Å². The SMILES string of the molecule is COC(=O)Cn1ccc2c1CC(C)(C)CC2O. The molecule has 17 heavy (non-hydrogen) atoms. The van der Waals surface area contributed by atoms with Crippen LogP contribution in [0.4, 0.5) is 0 Å². The Morgan fingerprint density at radius 3 is 3.00 bits per heavy atom. The van der Waals surface area contributed by atoms with Crippen molar-refractivity contribution in [1.82, 2.24) is 4.57 Å². The van der Waals surface area contributed by atoms with E-state index in [0.717, 1.165) is 24.1 Å². The van der Waals surface area contributed by atoms with Gasteiger partial charge in [-0.3, -0.25) is 4.79 Å². The van der Waals surface area contributed by atoms with Crippen molar-refractivity contribution >= 4 is 5.97 Å². The van der Waals surface area contributed by atoms with Crippen molar-refractivity contribution < 1.29 is 14.6 Å². The van der Waals surface area contributed by atoms with Gasteiger partial charge in [0.1, 0.15) is 6.54 Å². The average Bonchev–Trinajstić information content (AvgIpc) is 2.60. The molecule has 0 radical (unpaired) electrons. The van der Waals surface area contributed by atoms with Gasteiger partial charge in [0.2, 0.25) is 0 Å². The van der Waals surface area contributed by atoms with Gasteiger partial charge in [-0.2, -0.15) is 0 Å². The third-order valence-corrected chi connectivity index (χ3v) is 3.39. The number of aliphatic hydroxyl groups excluding tert-OH is 1. The standard InChI is InChI=1S/C13H19NO3/c1-13(2)6-10-9(11(15)7-13)4-5-14(10)8-12(16)17-3/h4-5,11,15H,6-8H2,1-3H3. The molecule has 0 bridgehead atoms. The first-order chi connectivity index (χ1) is 7.93. The maximum atomic E-state index is 11.3. The molecule has 1 unspecified atom stereocenters. The zero-order valence-electron chi connectivity index (χ0n) is 10.6. The Hall–Kier alpha value is -1.29. The fourth-order valence-corrected chi connectivity index (χ4v) is 2.54. The van der Waals surface area contributed by atoms with Crippen molar-refractivity contribution in [1.29, 1.82) is 0 Å². The topological polar surface area (TPSA) is 51.5 Å². The molecule has 0 saturated carbocycles. The van der Waals surface area contributed by atoms with Gasteiger partial charge in [-0.15, -0.1) is 0 Å². The number of esters is 1. The Balaban J connectivity index is 2.30. The second-order valence-corrected chi connectivity index (χ2v) is 5.48. The minimum absolute atomic E-state index is 0.0681. The molecule has 4 heteroatoms. The number of hydrogen-bond acceptors (Lipinski definition) is 3. The molecule has 1 aliphatic carbocycles. The predicted molar refractivity (Wildman–Crippen MR) is 63.5 cm³/mol. The molecule has 0 aliphatic heterocycles. The van der Waals surface area contributed by atoms with Crippen LogP contribution in [0.1, 0.15) is 37.6 Å². The highest BCUT2D eigenvalue weighted by Gasteiger charge is 2.33. The van der Waals surface area contributed by atoms with Gasteiger partial charge in [-0.25, -0.2) is 0 Å². The van der Waals surface area contributed by atoms with Gasteiger partial charge in [0.25, 0.3) is 0 Å². The van der Waals surface area contributed by atoms with Crippen molar-refractivity contribution in [2.24, 2.45) is 5.41 Å². The summed E-state index contributed by atoms with van der Waals surface area (Å²) >= 11 is 0. The van der Waals surface area contributed by atoms with Crippen molar-refractivity contribution in [3.8, 4) is 0 Å². The van der Waals surface area contributed by atoms with Crippen molar-refractivity contribution in [3.63, 3.8) is 0 Å². The molecular formula is C13H19NO3. The number of hydrogen-bond donors (Lipinski definition) is 1. The molecular weight excluding hydrogens is 218 g/mol. The van der Waals surface area contributed by atoms with E-state index in [2.05, 4.69) is 18.6 Å². The third kappa shape index (κ3) is 2.36. The van der Waals surface area contributed by atoms with Gasteiger partial charge in [0.05, 0.1) is 13.2 Å². The van der Waals surface area contributed by atoms with Crippen LogP contribution < -0.4 is 0 Å². The fourth-order valence-electron chi connectivity index (χ4n) is 2.54. The second kappa shape index (κ2) is 4.18. The van der Waals surface area contributed by atoms with Crippen LogP contribution in [0.2, 0.25) is 0 Å². The molecule has 1 aromatic heterocycles. The molecule has 0 fully saturated rings. The van der Waals surface area contributed by atoms with E-state index >= 15 is 0 Å². The van der Waals surface area contributed by atoms with E-state index in [-0.39, 0.29) is 17.9 Å². The van der Waals surface area contributed by atoms with E-state index in [1.165, 1.54) is 7.11 Å². The summed E-state index contributed by atoms with van der Waals surface area (Å²) in [6.07, 6.45) is 3.07. The summed E-state index contributed by atoms with van der Waals surface area (Å²) in [5, 5.41) is 10.1. The lowest BCUT2D eigenvalue weighted by Gasteiger charge is -2.33. The lowest BCUT2D eigenvalue weighted by Crippen LogP contribution is -2.27. The van der Waals surface area contributed by atoms with Crippen LogP contribution in [0.3, 0.4) is 0 Å². The Kier molecular flexibility index (Phi) is 3.00. The lowest BCUT2D eigenvalue weighted by molar-refractivity contribution is -0.141. The van der Waals surface area contributed by atoms with Crippen LogP contribution in [-0.4, -0.2) is 22.8 Å². The number of nitrogens with zero attached hydrogens (tertiary/aromatic N) is 1. The predicted octanol–water partition coefficient (Wildman–Crippen LogP) is 1.67. The smallest absolute Gasteiger partial charge is 0.325 e. The minimum atomic E-state index is -0.423. The van der Waals surface area contributed by atoms with Crippen LogP contribution in [0.25, 0.3) is 0 Å². The normalized spacial score (nSPS) is 22.0. The van der Waals surface area contributed by atoms with Crippen molar-refractivity contribution in [2.45, 2.75) is 39.3 Å². The molecule has 1 aliphatic rings. The number of aromatic nitrogens is 1. The summed E-state index contributed by atoms with van der Waals surface area (Å²) in [7, 11) is 1.39. The molecule has 94 valence electrons. The van der Waals surface area contributed by atoms with Gasteiger partial charge in [0.15, 0.2) is 0 Å².